The van der Waals surface area contributed by atoms with E-state index in [1.54, 1.807) is 23.5 Å². The number of thiophene rings is 1. The van der Waals surface area contributed by atoms with Crippen LogP contribution in [0.5, 0.6) is 0 Å². The third-order valence-electron chi connectivity index (χ3n) is 3.62. The first-order valence-electron chi connectivity index (χ1n) is 7.12. The molecule has 5 heteroatoms. The van der Waals surface area contributed by atoms with Crippen molar-refractivity contribution in [1.29, 1.82) is 0 Å². The molecule has 1 heterocycles. The van der Waals surface area contributed by atoms with Gasteiger partial charge in [-0.1, -0.05) is 43.3 Å². The highest BCUT2D eigenvalue weighted by Gasteiger charge is 2.23. The average molecular weight is 331 g/mol. The Bertz CT molecular complexity index is 871. The second-order valence-electron chi connectivity index (χ2n) is 5.02. The van der Waals surface area contributed by atoms with Crippen molar-refractivity contribution in [1.82, 2.24) is 4.31 Å². The molecule has 22 heavy (non-hydrogen) atoms. The quantitative estimate of drug-likeness (QED) is 0.705. The molecule has 1 aromatic heterocycles. The summed E-state index contributed by atoms with van der Waals surface area (Å²) < 4.78 is 27.2. The van der Waals surface area contributed by atoms with E-state index in [-0.39, 0.29) is 0 Å². The van der Waals surface area contributed by atoms with Gasteiger partial charge in [-0.3, -0.25) is 0 Å². The Morgan fingerprint density at radius 3 is 2.45 bits per heavy atom. The summed E-state index contributed by atoms with van der Waals surface area (Å²) in [6.45, 7) is 2.74. The van der Waals surface area contributed by atoms with E-state index in [9.17, 15) is 8.42 Å². The van der Waals surface area contributed by atoms with Crippen LogP contribution in [-0.4, -0.2) is 19.3 Å². The lowest BCUT2D eigenvalue weighted by molar-refractivity contribution is 0.426. The molecule has 0 N–H and O–H groups in total. The fraction of sp³-hybridized carbons (Fsp3) is 0.176. The van der Waals surface area contributed by atoms with Gasteiger partial charge in [-0.2, -0.15) is 4.31 Å². The molecule has 0 atom stereocenters. The van der Waals surface area contributed by atoms with E-state index < -0.39 is 10.0 Å². The van der Waals surface area contributed by atoms with Crippen LogP contribution in [0, 0.1) is 0 Å². The van der Waals surface area contributed by atoms with Gasteiger partial charge in [0.1, 0.15) is 0 Å². The standard InChI is InChI=1S/C17H17NO2S2/c1-2-18(13-16-8-5-11-21-16)22(19,20)17-10-9-14-6-3-4-7-15(14)12-17/h3-12H,2,13H2,1H3. The van der Waals surface area contributed by atoms with Crippen molar-refractivity contribution >= 4 is 32.1 Å². The molecule has 0 spiro atoms. The minimum absolute atomic E-state index is 0.351. The summed E-state index contributed by atoms with van der Waals surface area (Å²) in [5, 5.41) is 3.95. The van der Waals surface area contributed by atoms with Crippen molar-refractivity contribution in [3.05, 3.63) is 64.9 Å². The molecule has 0 aliphatic rings. The maximum atomic E-state index is 12.9. The van der Waals surface area contributed by atoms with Gasteiger partial charge in [-0.15, -0.1) is 11.3 Å². The smallest absolute Gasteiger partial charge is 0.207 e. The van der Waals surface area contributed by atoms with Gasteiger partial charge >= 0.3 is 0 Å². The first kappa shape index (κ1) is 15.2. The topological polar surface area (TPSA) is 37.4 Å². The highest BCUT2D eigenvalue weighted by Crippen LogP contribution is 2.24. The highest BCUT2D eigenvalue weighted by atomic mass is 32.2. The molecule has 0 saturated carbocycles. The third-order valence-corrected chi connectivity index (χ3v) is 6.40. The molecule has 3 nitrogen and oxygen atoms in total. The second-order valence-corrected chi connectivity index (χ2v) is 7.99. The lowest BCUT2D eigenvalue weighted by Gasteiger charge is -2.20. The van der Waals surface area contributed by atoms with E-state index in [1.807, 2.05) is 54.8 Å². The molecule has 0 unspecified atom stereocenters. The van der Waals surface area contributed by atoms with Crippen molar-refractivity contribution in [2.45, 2.75) is 18.4 Å². The number of rotatable bonds is 5. The van der Waals surface area contributed by atoms with Gasteiger partial charge in [0.15, 0.2) is 0 Å². The third kappa shape index (κ3) is 2.92. The van der Waals surface area contributed by atoms with Crippen LogP contribution in [0.2, 0.25) is 0 Å². The summed E-state index contributed by atoms with van der Waals surface area (Å²) in [4.78, 5) is 1.40. The molecule has 2 aromatic carbocycles. The fourth-order valence-corrected chi connectivity index (χ4v) is 4.68. The molecule has 114 valence electrons. The summed E-state index contributed by atoms with van der Waals surface area (Å²) >= 11 is 1.57. The average Bonchev–Trinajstić information content (AvgIpc) is 3.05. The number of hydrogen-bond donors (Lipinski definition) is 0. The number of fused-ring (bicyclic) bond motifs is 1. The minimum atomic E-state index is -3.48. The molecule has 0 amide bonds. The zero-order chi connectivity index (χ0) is 15.6. The van der Waals surface area contributed by atoms with E-state index in [1.165, 1.54) is 4.31 Å². The maximum Gasteiger partial charge on any atom is 0.243 e. The minimum Gasteiger partial charge on any atom is -0.207 e. The zero-order valence-electron chi connectivity index (χ0n) is 12.3. The fourth-order valence-electron chi connectivity index (χ4n) is 2.42. The molecule has 3 rings (SSSR count). The van der Waals surface area contributed by atoms with Crippen LogP contribution in [-0.2, 0) is 16.6 Å². The van der Waals surface area contributed by atoms with E-state index in [4.69, 9.17) is 0 Å². The van der Waals surface area contributed by atoms with Gasteiger partial charge in [0, 0.05) is 18.0 Å². The Morgan fingerprint density at radius 2 is 1.77 bits per heavy atom. The number of nitrogens with zero attached hydrogens (tertiary/aromatic N) is 1. The lowest BCUT2D eigenvalue weighted by atomic mass is 10.1. The van der Waals surface area contributed by atoms with Crippen molar-refractivity contribution in [2.24, 2.45) is 0 Å². The predicted molar refractivity (Wildman–Crippen MR) is 91.5 cm³/mol. The number of sulfonamides is 1. The molecular formula is C17H17NO2S2. The Kier molecular flexibility index (Phi) is 4.29. The van der Waals surface area contributed by atoms with Crippen LogP contribution in [0.1, 0.15) is 11.8 Å². The van der Waals surface area contributed by atoms with Gasteiger partial charge < -0.3 is 0 Å². The van der Waals surface area contributed by atoms with Crippen molar-refractivity contribution in [3.63, 3.8) is 0 Å². The summed E-state index contributed by atoms with van der Waals surface area (Å²) in [7, 11) is -3.48. The van der Waals surface area contributed by atoms with E-state index in [2.05, 4.69) is 0 Å². The van der Waals surface area contributed by atoms with Gasteiger partial charge in [0.25, 0.3) is 0 Å². The maximum absolute atomic E-state index is 12.9. The van der Waals surface area contributed by atoms with Gasteiger partial charge in [-0.05, 0) is 34.4 Å². The molecule has 0 fully saturated rings. The first-order chi connectivity index (χ1) is 10.6. The molecule has 0 aliphatic carbocycles. The van der Waals surface area contributed by atoms with Crippen LogP contribution < -0.4 is 0 Å². The van der Waals surface area contributed by atoms with Crippen LogP contribution >= 0.6 is 11.3 Å². The molecule has 0 saturated heterocycles. The summed E-state index contributed by atoms with van der Waals surface area (Å²) in [5.74, 6) is 0. The van der Waals surface area contributed by atoms with Crippen molar-refractivity contribution in [3.8, 4) is 0 Å². The van der Waals surface area contributed by atoms with Crippen LogP contribution in [0.25, 0.3) is 10.8 Å². The Morgan fingerprint density at radius 1 is 1.00 bits per heavy atom. The lowest BCUT2D eigenvalue weighted by Crippen LogP contribution is -2.30. The molecule has 3 aromatic rings. The van der Waals surface area contributed by atoms with Crippen LogP contribution in [0.4, 0.5) is 0 Å². The van der Waals surface area contributed by atoms with E-state index in [0.29, 0.717) is 18.0 Å². The summed E-state index contributed by atoms with van der Waals surface area (Å²) in [5.41, 5.74) is 0. The zero-order valence-corrected chi connectivity index (χ0v) is 13.9. The Hall–Kier alpha value is -1.69. The molecule has 0 radical (unpaired) electrons. The van der Waals surface area contributed by atoms with E-state index >= 15 is 0 Å². The molecular weight excluding hydrogens is 314 g/mol. The van der Waals surface area contributed by atoms with Crippen LogP contribution in [0.15, 0.2) is 64.9 Å². The summed E-state index contributed by atoms with van der Waals surface area (Å²) in [6, 6.07) is 17.0. The predicted octanol–water partition coefficient (Wildman–Crippen LogP) is 4.11. The highest BCUT2D eigenvalue weighted by molar-refractivity contribution is 7.89. The SMILES string of the molecule is CCN(Cc1cccs1)S(=O)(=O)c1ccc2ccccc2c1. The van der Waals surface area contributed by atoms with E-state index in [0.717, 1.165) is 15.6 Å². The van der Waals surface area contributed by atoms with Gasteiger partial charge in [0.2, 0.25) is 10.0 Å². The number of hydrogen-bond acceptors (Lipinski definition) is 3. The largest absolute Gasteiger partial charge is 0.243 e. The number of benzene rings is 2. The summed E-state index contributed by atoms with van der Waals surface area (Å²) in [6.07, 6.45) is 0. The molecule has 0 aliphatic heterocycles. The second kappa shape index (κ2) is 6.20. The molecule has 0 bridgehead atoms. The van der Waals surface area contributed by atoms with Crippen LogP contribution in [0.3, 0.4) is 0 Å². The van der Waals surface area contributed by atoms with Gasteiger partial charge in [0.05, 0.1) is 4.90 Å². The Labute approximate surface area is 134 Å². The van der Waals surface area contributed by atoms with Gasteiger partial charge in [-0.25, -0.2) is 8.42 Å². The Balaban J connectivity index is 1.98. The normalized spacial score (nSPS) is 12.1. The first-order valence-corrected chi connectivity index (χ1v) is 9.44. The van der Waals surface area contributed by atoms with Crippen molar-refractivity contribution < 1.29 is 8.42 Å². The van der Waals surface area contributed by atoms with Crippen molar-refractivity contribution in [2.75, 3.05) is 6.54 Å². The monoisotopic (exact) mass is 331 g/mol.